The third kappa shape index (κ3) is 8.70. The van der Waals surface area contributed by atoms with Crippen LogP contribution in [0.15, 0.2) is 72.8 Å². The van der Waals surface area contributed by atoms with E-state index in [2.05, 4.69) is 5.32 Å². The van der Waals surface area contributed by atoms with Gasteiger partial charge in [0, 0.05) is 35.3 Å². The number of methoxy groups -OCH3 is 1. The summed E-state index contributed by atoms with van der Waals surface area (Å²) in [6, 6.07) is 22.0. The molecule has 0 fully saturated rings. The number of carbonyl (C=O) groups is 2. The molecule has 0 radical (unpaired) electrons. The van der Waals surface area contributed by atoms with Crippen molar-refractivity contribution >= 4 is 46.8 Å². The van der Waals surface area contributed by atoms with Crippen LogP contribution in [0.3, 0.4) is 0 Å². The molecule has 0 heterocycles. The number of hydrogen-bond acceptors (Lipinski definition) is 4. The molecule has 0 aliphatic rings. The van der Waals surface area contributed by atoms with E-state index in [9.17, 15) is 9.59 Å². The Labute approximate surface area is 233 Å². The number of benzene rings is 3. The highest BCUT2D eigenvalue weighted by Crippen LogP contribution is 2.28. The molecule has 3 aromatic rings. The predicted octanol–water partition coefficient (Wildman–Crippen LogP) is 6.40. The maximum atomic E-state index is 13.7. The number of thioether (sulfide) groups is 1. The quantitative estimate of drug-likeness (QED) is 0.263. The highest BCUT2D eigenvalue weighted by atomic mass is 35.5. The first kappa shape index (κ1) is 28.9. The van der Waals surface area contributed by atoms with Gasteiger partial charge >= 0.3 is 0 Å². The zero-order chi connectivity index (χ0) is 26.6. The summed E-state index contributed by atoms with van der Waals surface area (Å²) in [7, 11) is 1.61. The number of halogens is 2. The zero-order valence-electron chi connectivity index (χ0n) is 21.1. The fourth-order valence-corrected chi connectivity index (χ4v) is 5.53. The van der Waals surface area contributed by atoms with Crippen LogP contribution in [0.2, 0.25) is 10.0 Å². The van der Waals surface area contributed by atoms with Crippen LogP contribution in [-0.4, -0.2) is 42.2 Å². The van der Waals surface area contributed by atoms with Crippen LogP contribution in [-0.2, 0) is 28.3 Å². The monoisotopic (exact) mass is 558 g/mol. The van der Waals surface area contributed by atoms with Gasteiger partial charge in [-0.3, -0.25) is 9.59 Å². The maximum Gasteiger partial charge on any atom is 0.243 e. The molecule has 2 amide bonds. The standard InChI is InChI=1S/C29H32Cl2N2O3S/c1-3-15-32-29(35)27(17-21-9-5-4-6-10-21)33(18-22-11-7-12-23(16-22)36-2)28(34)20-37-19-24-25(30)13-8-14-26(24)31/h4-14,16,27H,3,15,17-20H2,1-2H3,(H,32,35). The maximum absolute atomic E-state index is 13.7. The molecule has 3 rings (SSSR count). The second-order valence-corrected chi connectivity index (χ2v) is 10.4. The summed E-state index contributed by atoms with van der Waals surface area (Å²) in [5.41, 5.74) is 2.66. The molecule has 1 atom stereocenters. The van der Waals surface area contributed by atoms with Crippen LogP contribution in [0.4, 0.5) is 0 Å². The molecular formula is C29H32Cl2N2O3S. The van der Waals surface area contributed by atoms with Gasteiger partial charge in [0.1, 0.15) is 11.8 Å². The smallest absolute Gasteiger partial charge is 0.243 e. The third-order valence-electron chi connectivity index (χ3n) is 5.84. The molecule has 0 saturated carbocycles. The first-order valence-electron chi connectivity index (χ1n) is 12.2. The summed E-state index contributed by atoms with van der Waals surface area (Å²) < 4.78 is 5.38. The first-order valence-corrected chi connectivity index (χ1v) is 14.1. The van der Waals surface area contributed by atoms with Crippen LogP contribution in [0.25, 0.3) is 0 Å². The summed E-state index contributed by atoms with van der Waals surface area (Å²) in [5, 5.41) is 4.14. The molecule has 1 unspecified atom stereocenters. The molecule has 196 valence electrons. The lowest BCUT2D eigenvalue weighted by Gasteiger charge is -2.31. The summed E-state index contributed by atoms with van der Waals surface area (Å²) in [4.78, 5) is 28.8. The molecule has 8 heteroatoms. The van der Waals surface area contributed by atoms with Gasteiger partial charge in [-0.25, -0.2) is 0 Å². The number of nitrogens with zero attached hydrogens (tertiary/aromatic N) is 1. The van der Waals surface area contributed by atoms with Gasteiger partial charge in [-0.1, -0.05) is 78.7 Å². The lowest BCUT2D eigenvalue weighted by Crippen LogP contribution is -2.51. The van der Waals surface area contributed by atoms with Crippen molar-refractivity contribution in [3.05, 3.63) is 99.5 Å². The van der Waals surface area contributed by atoms with Crippen LogP contribution in [0, 0.1) is 0 Å². The number of rotatable bonds is 13. The van der Waals surface area contributed by atoms with Crippen LogP contribution < -0.4 is 10.1 Å². The summed E-state index contributed by atoms with van der Waals surface area (Å²) in [6.45, 7) is 2.83. The van der Waals surface area contributed by atoms with E-state index >= 15 is 0 Å². The zero-order valence-corrected chi connectivity index (χ0v) is 23.4. The average Bonchev–Trinajstić information content (AvgIpc) is 2.91. The normalized spacial score (nSPS) is 11.6. The summed E-state index contributed by atoms with van der Waals surface area (Å²) >= 11 is 14.1. The van der Waals surface area contributed by atoms with Crippen molar-refractivity contribution in [3.8, 4) is 5.75 Å². The van der Waals surface area contributed by atoms with Gasteiger partial charge in [0.15, 0.2) is 0 Å². The Morgan fingerprint density at radius 3 is 2.32 bits per heavy atom. The minimum absolute atomic E-state index is 0.136. The van der Waals surface area contributed by atoms with E-state index in [1.807, 2.05) is 61.5 Å². The van der Waals surface area contributed by atoms with E-state index in [0.29, 0.717) is 34.5 Å². The Morgan fingerprint density at radius 2 is 1.65 bits per heavy atom. The lowest BCUT2D eigenvalue weighted by atomic mass is 10.0. The van der Waals surface area contributed by atoms with Crippen molar-refractivity contribution in [2.45, 2.75) is 38.1 Å². The Balaban J connectivity index is 1.87. The molecule has 0 aliphatic heterocycles. The average molecular weight is 560 g/mol. The molecular weight excluding hydrogens is 527 g/mol. The second-order valence-electron chi connectivity index (χ2n) is 8.56. The lowest BCUT2D eigenvalue weighted by molar-refractivity contribution is -0.139. The first-order chi connectivity index (χ1) is 17.9. The molecule has 0 aliphatic carbocycles. The van der Waals surface area contributed by atoms with Gasteiger partial charge in [0.25, 0.3) is 0 Å². The van der Waals surface area contributed by atoms with Gasteiger partial charge < -0.3 is 15.0 Å². The Kier molecular flexibility index (Phi) is 11.6. The highest BCUT2D eigenvalue weighted by Gasteiger charge is 2.30. The second kappa shape index (κ2) is 14.9. The molecule has 3 aromatic carbocycles. The molecule has 0 bridgehead atoms. The summed E-state index contributed by atoms with van der Waals surface area (Å²) in [5.74, 6) is 1.06. The van der Waals surface area contributed by atoms with Crippen molar-refractivity contribution in [1.29, 1.82) is 0 Å². The molecule has 5 nitrogen and oxygen atoms in total. The van der Waals surface area contributed by atoms with Crippen molar-refractivity contribution in [1.82, 2.24) is 10.2 Å². The van der Waals surface area contributed by atoms with Gasteiger partial charge in [0.05, 0.1) is 12.9 Å². The van der Waals surface area contributed by atoms with Gasteiger partial charge in [-0.05, 0) is 47.4 Å². The summed E-state index contributed by atoms with van der Waals surface area (Å²) in [6.07, 6.45) is 1.22. The number of carbonyl (C=O) groups excluding carboxylic acids is 2. The number of hydrogen-bond donors (Lipinski definition) is 1. The fourth-order valence-electron chi connectivity index (χ4n) is 3.88. The molecule has 1 N–H and O–H groups in total. The molecule has 0 aromatic heterocycles. The topological polar surface area (TPSA) is 58.6 Å². The Morgan fingerprint density at radius 1 is 0.973 bits per heavy atom. The minimum Gasteiger partial charge on any atom is -0.497 e. The van der Waals surface area contributed by atoms with E-state index in [1.54, 1.807) is 30.2 Å². The third-order valence-corrected chi connectivity index (χ3v) is 7.49. The molecule has 0 saturated heterocycles. The van der Waals surface area contributed by atoms with Crippen molar-refractivity contribution in [3.63, 3.8) is 0 Å². The van der Waals surface area contributed by atoms with E-state index in [4.69, 9.17) is 27.9 Å². The van der Waals surface area contributed by atoms with Crippen LogP contribution in [0.1, 0.15) is 30.0 Å². The van der Waals surface area contributed by atoms with Crippen molar-refractivity contribution in [2.75, 3.05) is 19.4 Å². The van der Waals surface area contributed by atoms with Crippen LogP contribution in [0.5, 0.6) is 5.75 Å². The predicted molar refractivity (Wildman–Crippen MR) is 153 cm³/mol. The fraction of sp³-hybridized carbons (Fsp3) is 0.310. The Hall–Kier alpha value is -2.67. The van der Waals surface area contributed by atoms with E-state index in [0.717, 1.165) is 23.1 Å². The van der Waals surface area contributed by atoms with E-state index in [1.165, 1.54) is 11.8 Å². The van der Waals surface area contributed by atoms with Crippen molar-refractivity contribution in [2.24, 2.45) is 0 Å². The van der Waals surface area contributed by atoms with Gasteiger partial charge in [-0.15, -0.1) is 11.8 Å². The van der Waals surface area contributed by atoms with Gasteiger partial charge in [-0.2, -0.15) is 0 Å². The molecule has 37 heavy (non-hydrogen) atoms. The highest BCUT2D eigenvalue weighted by molar-refractivity contribution is 7.99. The van der Waals surface area contributed by atoms with Crippen molar-refractivity contribution < 1.29 is 14.3 Å². The minimum atomic E-state index is -0.669. The Bertz CT molecular complexity index is 1160. The van der Waals surface area contributed by atoms with Gasteiger partial charge in [0.2, 0.25) is 11.8 Å². The number of amides is 2. The largest absolute Gasteiger partial charge is 0.497 e. The van der Waals surface area contributed by atoms with E-state index < -0.39 is 6.04 Å². The molecule has 0 spiro atoms. The SMILES string of the molecule is CCCNC(=O)C(Cc1ccccc1)N(Cc1cccc(OC)c1)C(=O)CSCc1c(Cl)cccc1Cl. The number of nitrogens with one attached hydrogen (secondary N) is 1. The van der Waals surface area contributed by atoms with E-state index in [-0.39, 0.29) is 24.1 Å². The number of ether oxygens (including phenoxy) is 1. The van der Waals surface area contributed by atoms with Crippen LogP contribution >= 0.6 is 35.0 Å².